The number of allylic oxidation sites excluding steroid dienone is 6. The summed E-state index contributed by atoms with van der Waals surface area (Å²) in [5.74, 6) is -1.10. The molecule has 0 saturated carbocycles. The minimum Gasteiger partial charge on any atom is -0.196 e. The maximum Gasteiger partial charge on any atom is 0.185 e. The SMILES string of the molecule is N#CC1(C#N)C2C=CC(/C=C/C=C\2)C1(C#N)C#N. The summed E-state index contributed by atoms with van der Waals surface area (Å²) >= 11 is 0. The molecule has 0 spiro atoms. The van der Waals surface area contributed by atoms with Gasteiger partial charge in [-0.15, -0.1) is 0 Å². The number of nitrogens with zero attached hydrogens (tertiary/aromatic N) is 4. The van der Waals surface area contributed by atoms with Gasteiger partial charge in [-0.05, 0) is 0 Å². The normalized spacial score (nSPS) is 32.7. The predicted octanol–water partition coefficient (Wildman–Crippen LogP) is 1.98. The summed E-state index contributed by atoms with van der Waals surface area (Å²) in [6.45, 7) is 0. The van der Waals surface area contributed by atoms with Crippen molar-refractivity contribution in [2.24, 2.45) is 22.7 Å². The summed E-state index contributed by atoms with van der Waals surface area (Å²) in [5, 5.41) is 37.6. The van der Waals surface area contributed by atoms with Crippen molar-refractivity contribution in [2.75, 3.05) is 0 Å². The molecule has 2 bridgehead atoms. The lowest BCUT2D eigenvalue weighted by Crippen LogP contribution is -2.49. The van der Waals surface area contributed by atoms with E-state index in [4.69, 9.17) is 0 Å². The number of nitriles is 4. The van der Waals surface area contributed by atoms with Crippen LogP contribution >= 0.6 is 0 Å². The molecule has 2 atom stereocenters. The van der Waals surface area contributed by atoms with Crippen LogP contribution < -0.4 is 0 Å². The third-order valence-electron chi connectivity index (χ3n) is 3.60. The third kappa shape index (κ3) is 1.10. The Kier molecular flexibility index (Phi) is 2.52. The van der Waals surface area contributed by atoms with Gasteiger partial charge in [0.05, 0.1) is 24.3 Å². The molecule has 0 aromatic carbocycles. The van der Waals surface area contributed by atoms with Gasteiger partial charge >= 0.3 is 0 Å². The molecule has 4 nitrogen and oxygen atoms in total. The van der Waals surface area contributed by atoms with Gasteiger partial charge in [0, 0.05) is 11.8 Å². The topological polar surface area (TPSA) is 95.2 Å². The van der Waals surface area contributed by atoms with E-state index in [0.29, 0.717) is 0 Å². The average molecular weight is 232 g/mol. The summed E-state index contributed by atoms with van der Waals surface area (Å²) in [6, 6.07) is 7.67. The second-order valence-corrected chi connectivity index (χ2v) is 4.27. The highest BCUT2D eigenvalue weighted by Crippen LogP contribution is 2.54. The molecule has 0 radical (unpaired) electrons. The summed E-state index contributed by atoms with van der Waals surface area (Å²) in [4.78, 5) is 0. The van der Waals surface area contributed by atoms with Crippen LogP contribution in [-0.4, -0.2) is 0 Å². The van der Waals surface area contributed by atoms with Crippen molar-refractivity contribution in [3.8, 4) is 24.3 Å². The van der Waals surface area contributed by atoms with Crippen LogP contribution in [0.25, 0.3) is 0 Å². The Labute approximate surface area is 105 Å². The summed E-state index contributed by atoms with van der Waals surface area (Å²) in [5.41, 5.74) is -3.34. The molecule has 18 heavy (non-hydrogen) atoms. The zero-order valence-electron chi connectivity index (χ0n) is 9.41. The van der Waals surface area contributed by atoms with E-state index in [9.17, 15) is 21.0 Å². The summed E-state index contributed by atoms with van der Waals surface area (Å²) < 4.78 is 0. The Hall–Kier alpha value is -2.82. The molecular formula is C14H8N4. The third-order valence-corrected chi connectivity index (χ3v) is 3.60. The fourth-order valence-electron chi connectivity index (χ4n) is 2.54. The van der Waals surface area contributed by atoms with E-state index in [1.807, 2.05) is 24.3 Å². The number of hydrogen-bond donors (Lipinski definition) is 0. The highest BCUT2D eigenvalue weighted by Gasteiger charge is 2.62. The molecule has 3 aliphatic rings. The Morgan fingerprint density at radius 1 is 0.611 bits per heavy atom. The van der Waals surface area contributed by atoms with E-state index in [1.165, 1.54) is 0 Å². The number of rotatable bonds is 0. The molecule has 84 valence electrons. The van der Waals surface area contributed by atoms with Crippen LogP contribution in [0.3, 0.4) is 0 Å². The maximum atomic E-state index is 9.41. The molecule has 4 heteroatoms. The predicted molar refractivity (Wildman–Crippen MR) is 61.7 cm³/mol. The molecule has 0 aromatic rings. The van der Waals surface area contributed by atoms with Gasteiger partial charge in [0.15, 0.2) is 10.8 Å². The van der Waals surface area contributed by atoms with Crippen LogP contribution in [0.4, 0.5) is 0 Å². The largest absolute Gasteiger partial charge is 0.196 e. The molecule has 3 aliphatic carbocycles. The van der Waals surface area contributed by atoms with Gasteiger partial charge in [-0.3, -0.25) is 0 Å². The molecule has 0 fully saturated rings. The zero-order chi connectivity index (χ0) is 13.2. The van der Waals surface area contributed by atoms with Crippen molar-refractivity contribution in [3.05, 3.63) is 36.5 Å². The standard InChI is InChI=1S/C14H8N4/c15-7-13(8-16)11-3-1-2-4-12(6-5-11)14(13,9-17)10-18/h1-6,11-12H/b3-1-,4-2+. The van der Waals surface area contributed by atoms with E-state index in [1.54, 1.807) is 36.5 Å². The first kappa shape index (κ1) is 11.7. The molecular weight excluding hydrogens is 224 g/mol. The lowest BCUT2D eigenvalue weighted by Gasteiger charge is -2.42. The van der Waals surface area contributed by atoms with Gasteiger partial charge in [0.1, 0.15) is 0 Å². The molecule has 0 heterocycles. The quantitative estimate of drug-likeness (QED) is 0.596. The van der Waals surface area contributed by atoms with Crippen LogP contribution in [0.5, 0.6) is 0 Å². The second-order valence-electron chi connectivity index (χ2n) is 4.27. The highest BCUT2D eigenvalue weighted by atomic mass is 14.6. The monoisotopic (exact) mass is 232 g/mol. The lowest BCUT2D eigenvalue weighted by atomic mass is 9.51. The molecule has 0 aliphatic heterocycles. The average Bonchev–Trinajstić information content (AvgIpc) is 2.38. The van der Waals surface area contributed by atoms with Crippen LogP contribution in [-0.2, 0) is 0 Å². The molecule has 0 N–H and O–H groups in total. The fraction of sp³-hybridized carbons (Fsp3) is 0.286. The number of fused-ring (bicyclic) bond motifs is 2. The Bertz CT molecular complexity index is 541. The lowest BCUT2D eigenvalue weighted by molar-refractivity contribution is 0.202. The zero-order valence-corrected chi connectivity index (χ0v) is 9.41. The van der Waals surface area contributed by atoms with Crippen LogP contribution in [0.2, 0.25) is 0 Å². The van der Waals surface area contributed by atoms with Gasteiger partial charge < -0.3 is 0 Å². The molecule has 2 unspecified atom stereocenters. The first-order valence-corrected chi connectivity index (χ1v) is 5.39. The fourth-order valence-corrected chi connectivity index (χ4v) is 2.54. The first-order valence-electron chi connectivity index (χ1n) is 5.39. The van der Waals surface area contributed by atoms with E-state index in [0.717, 1.165) is 0 Å². The summed E-state index contributed by atoms with van der Waals surface area (Å²) in [6.07, 6.45) is 10.3. The summed E-state index contributed by atoms with van der Waals surface area (Å²) in [7, 11) is 0. The molecule has 3 rings (SSSR count). The van der Waals surface area contributed by atoms with E-state index in [-0.39, 0.29) is 0 Å². The van der Waals surface area contributed by atoms with Gasteiger partial charge in [-0.2, -0.15) is 21.0 Å². The minimum atomic E-state index is -1.67. The van der Waals surface area contributed by atoms with Crippen molar-refractivity contribution in [2.45, 2.75) is 0 Å². The Balaban J connectivity index is 2.85. The van der Waals surface area contributed by atoms with E-state index >= 15 is 0 Å². The van der Waals surface area contributed by atoms with Crippen LogP contribution in [0.15, 0.2) is 36.5 Å². The van der Waals surface area contributed by atoms with E-state index in [2.05, 4.69) is 0 Å². The maximum absolute atomic E-state index is 9.41. The molecule has 0 saturated heterocycles. The van der Waals surface area contributed by atoms with Crippen molar-refractivity contribution >= 4 is 0 Å². The minimum absolute atomic E-state index is 0.548. The van der Waals surface area contributed by atoms with Gasteiger partial charge in [-0.1, -0.05) is 36.5 Å². The second kappa shape index (κ2) is 3.89. The first-order chi connectivity index (χ1) is 8.70. The van der Waals surface area contributed by atoms with Gasteiger partial charge in [0.2, 0.25) is 0 Å². The van der Waals surface area contributed by atoms with Crippen LogP contribution in [0, 0.1) is 68.0 Å². The Morgan fingerprint density at radius 3 is 1.22 bits per heavy atom. The molecule has 0 aromatic heterocycles. The highest BCUT2D eigenvalue weighted by molar-refractivity contribution is 5.46. The smallest absolute Gasteiger partial charge is 0.185 e. The van der Waals surface area contributed by atoms with Crippen molar-refractivity contribution in [1.29, 1.82) is 21.0 Å². The van der Waals surface area contributed by atoms with Crippen LogP contribution in [0.1, 0.15) is 0 Å². The van der Waals surface area contributed by atoms with Gasteiger partial charge in [-0.25, -0.2) is 0 Å². The van der Waals surface area contributed by atoms with Crippen molar-refractivity contribution in [1.82, 2.24) is 0 Å². The van der Waals surface area contributed by atoms with Gasteiger partial charge in [0.25, 0.3) is 0 Å². The number of hydrogen-bond acceptors (Lipinski definition) is 4. The van der Waals surface area contributed by atoms with Crippen molar-refractivity contribution < 1.29 is 0 Å². The molecule has 0 amide bonds. The Morgan fingerprint density at radius 2 is 0.944 bits per heavy atom. The van der Waals surface area contributed by atoms with E-state index < -0.39 is 22.7 Å². The van der Waals surface area contributed by atoms with Crippen molar-refractivity contribution in [3.63, 3.8) is 0 Å².